The van der Waals surface area contributed by atoms with Crippen LogP contribution in [-0.2, 0) is 0 Å². The highest BCUT2D eigenvalue weighted by Gasteiger charge is 2.18. The van der Waals surface area contributed by atoms with E-state index < -0.39 is 0 Å². The fourth-order valence-corrected chi connectivity index (χ4v) is 6.25. The molecule has 0 aliphatic heterocycles. The Morgan fingerprint density at radius 3 is 1.85 bits per heavy atom. The first-order valence-corrected chi connectivity index (χ1v) is 13.3. The summed E-state index contributed by atoms with van der Waals surface area (Å²) < 4.78 is 14.8. The first kappa shape index (κ1) is 22.8. The van der Waals surface area contributed by atoms with E-state index in [1.165, 1.54) is 21.9 Å². The van der Waals surface area contributed by atoms with Crippen LogP contribution in [0.25, 0.3) is 71.4 Å². The van der Waals surface area contributed by atoms with Gasteiger partial charge >= 0.3 is 0 Å². The number of fused-ring (bicyclic) bond motifs is 7. The summed E-state index contributed by atoms with van der Waals surface area (Å²) in [6, 6.07) is 30.1. The summed E-state index contributed by atoms with van der Waals surface area (Å²) in [6.45, 7) is 4.26. The lowest BCUT2D eigenvalue weighted by molar-refractivity contribution is 0.652. The maximum absolute atomic E-state index is 14.0. The van der Waals surface area contributed by atoms with Gasteiger partial charge in [-0.05, 0) is 67.4 Å². The molecular formula is C35H24N2O3. The van der Waals surface area contributed by atoms with Crippen LogP contribution in [0.1, 0.15) is 11.1 Å². The Labute approximate surface area is 228 Å². The van der Waals surface area contributed by atoms with Gasteiger partial charge in [0.05, 0.1) is 27.2 Å². The monoisotopic (exact) mass is 520 g/mol. The number of hydrogen-bond acceptors (Lipinski definition) is 4. The number of aryl methyl sites for hydroxylation is 2. The minimum absolute atomic E-state index is 0.0902. The molecule has 0 spiro atoms. The molecule has 3 aromatic heterocycles. The fourth-order valence-electron chi connectivity index (χ4n) is 6.25. The fraction of sp³-hybridized carbons (Fsp3) is 0.0857. The molecule has 0 saturated carbocycles. The van der Waals surface area contributed by atoms with E-state index >= 15 is 0 Å². The zero-order chi connectivity index (χ0) is 27.1. The lowest BCUT2D eigenvalue weighted by atomic mass is 10.1. The van der Waals surface area contributed by atoms with Gasteiger partial charge in [0.2, 0.25) is 5.43 Å². The number of benzene rings is 5. The standard InChI is InChI=1S/C35H24N2O3/c1-19-8-6-11-22-23-12-7-9-20(2)34(23)37(33(19)22)21-14-15-29-26(16-21)35(38)27-18-30-25(17-31(27)40-29)32(36-3)24-10-4-5-13-28(24)39-30/h4-18H,1-3H3/b36-32+. The molecular weight excluding hydrogens is 496 g/mol. The number of nitrogens with zero attached hydrogens (tertiary/aromatic N) is 2. The van der Waals surface area contributed by atoms with Gasteiger partial charge in [0.25, 0.3) is 0 Å². The van der Waals surface area contributed by atoms with E-state index in [0.717, 1.165) is 38.4 Å². The molecule has 192 valence electrons. The van der Waals surface area contributed by atoms with Crippen molar-refractivity contribution in [2.75, 3.05) is 7.05 Å². The van der Waals surface area contributed by atoms with Crippen LogP contribution in [0, 0.1) is 13.8 Å². The van der Waals surface area contributed by atoms with Gasteiger partial charge in [0.15, 0.2) is 0 Å². The Hall–Kier alpha value is -5.16. The third-order valence-corrected chi connectivity index (χ3v) is 8.07. The van der Waals surface area contributed by atoms with Crippen LogP contribution >= 0.6 is 0 Å². The molecule has 0 unspecified atom stereocenters. The Kier molecular flexibility index (Phi) is 4.65. The maximum Gasteiger partial charge on any atom is 0.200 e. The van der Waals surface area contributed by atoms with Gasteiger partial charge in [-0.25, -0.2) is 0 Å². The molecule has 0 fully saturated rings. The second-order valence-electron chi connectivity index (χ2n) is 10.4. The van der Waals surface area contributed by atoms with E-state index in [-0.39, 0.29) is 5.43 Å². The van der Waals surface area contributed by atoms with Gasteiger partial charge in [0.1, 0.15) is 22.3 Å². The van der Waals surface area contributed by atoms with E-state index in [0.29, 0.717) is 27.5 Å². The minimum atomic E-state index is -0.0902. The molecule has 0 aliphatic rings. The number of hydrogen-bond donors (Lipinski definition) is 0. The van der Waals surface area contributed by atoms with Crippen LogP contribution in [0.15, 0.2) is 110 Å². The molecule has 5 heteroatoms. The third-order valence-electron chi connectivity index (χ3n) is 8.07. The molecule has 3 heterocycles. The molecule has 8 aromatic rings. The SMILES string of the molecule is C/N=c1\c2ccccc2oc2cc3c(=O)c4cc(-n5c6c(C)cccc6c6cccc(C)c65)ccc4oc3cc12. The molecule has 40 heavy (non-hydrogen) atoms. The van der Waals surface area contributed by atoms with E-state index in [1.54, 1.807) is 13.1 Å². The summed E-state index contributed by atoms with van der Waals surface area (Å²) in [5, 5.41) is 5.94. The van der Waals surface area contributed by atoms with Crippen LogP contribution in [0.5, 0.6) is 0 Å². The Morgan fingerprint density at radius 1 is 0.575 bits per heavy atom. The molecule has 0 bridgehead atoms. The average Bonchev–Trinajstić information content (AvgIpc) is 3.32. The molecule has 5 aromatic carbocycles. The predicted octanol–water partition coefficient (Wildman–Crippen LogP) is 8.09. The number of aromatic nitrogens is 1. The summed E-state index contributed by atoms with van der Waals surface area (Å²) in [5.74, 6) is 0. The lowest BCUT2D eigenvalue weighted by Crippen LogP contribution is -2.07. The largest absolute Gasteiger partial charge is 0.456 e. The predicted molar refractivity (Wildman–Crippen MR) is 163 cm³/mol. The first-order valence-electron chi connectivity index (χ1n) is 13.3. The van der Waals surface area contributed by atoms with Gasteiger partial charge < -0.3 is 13.4 Å². The van der Waals surface area contributed by atoms with Crippen molar-refractivity contribution in [3.8, 4) is 5.69 Å². The number of para-hydroxylation sites is 3. The topological polar surface area (TPSA) is 60.6 Å². The second-order valence-corrected chi connectivity index (χ2v) is 10.4. The average molecular weight is 521 g/mol. The smallest absolute Gasteiger partial charge is 0.200 e. The normalized spacial score (nSPS) is 12.6. The molecule has 0 saturated heterocycles. The van der Waals surface area contributed by atoms with E-state index in [4.69, 9.17) is 8.83 Å². The summed E-state index contributed by atoms with van der Waals surface area (Å²) >= 11 is 0. The zero-order valence-electron chi connectivity index (χ0n) is 22.3. The van der Waals surface area contributed by atoms with E-state index in [9.17, 15) is 4.79 Å². The molecule has 0 N–H and O–H groups in total. The summed E-state index contributed by atoms with van der Waals surface area (Å²) in [4.78, 5) is 18.5. The zero-order valence-corrected chi connectivity index (χ0v) is 22.3. The van der Waals surface area contributed by atoms with Crippen molar-refractivity contribution in [2.24, 2.45) is 4.99 Å². The van der Waals surface area contributed by atoms with Crippen molar-refractivity contribution in [1.29, 1.82) is 0 Å². The van der Waals surface area contributed by atoms with Crippen molar-refractivity contribution in [3.63, 3.8) is 0 Å². The van der Waals surface area contributed by atoms with Gasteiger partial charge in [-0.15, -0.1) is 0 Å². The van der Waals surface area contributed by atoms with Crippen molar-refractivity contribution in [2.45, 2.75) is 13.8 Å². The molecule has 0 aliphatic carbocycles. The first-order chi connectivity index (χ1) is 19.5. The summed E-state index contributed by atoms with van der Waals surface area (Å²) in [7, 11) is 1.77. The van der Waals surface area contributed by atoms with Gasteiger partial charge in [-0.2, -0.15) is 0 Å². The summed E-state index contributed by atoms with van der Waals surface area (Å²) in [6.07, 6.45) is 0. The second kappa shape index (κ2) is 8.17. The van der Waals surface area contributed by atoms with Crippen LogP contribution in [0.4, 0.5) is 0 Å². The molecule has 0 amide bonds. The van der Waals surface area contributed by atoms with Crippen LogP contribution in [-0.4, -0.2) is 11.6 Å². The van der Waals surface area contributed by atoms with E-state index in [2.05, 4.69) is 59.8 Å². The lowest BCUT2D eigenvalue weighted by Gasteiger charge is -2.12. The number of rotatable bonds is 1. The van der Waals surface area contributed by atoms with Crippen molar-refractivity contribution in [3.05, 3.63) is 118 Å². The highest BCUT2D eigenvalue weighted by Crippen LogP contribution is 2.36. The van der Waals surface area contributed by atoms with Gasteiger partial charge in [-0.3, -0.25) is 9.79 Å². The quantitative estimate of drug-likeness (QED) is 0.206. The van der Waals surface area contributed by atoms with Gasteiger partial charge in [0, 0.05) is 34.3 Å². The third kappa shape index (κ3) is 3.03. The Morgan fingerprint density at radius 2 is 1.15 bits per heavy atom. The Balaban J connectivity index is 1.46. The summed E-state index contributed by atoms with van der Waals surface area (Å²) in [5.41, 5.74) is 7.85. The molecule has 5 nitrogen and oxygen atoms in total. The molecule has 0 atom stereocenters. The Bertz CT molecular complexity index is 2430. The van der Waals surface area contributed by atoms with Crippen molar-refractivity contribution in [1.82, 2.24) is 4.57 Å². The molecule has 8 rings (SSSR count). The van der Waals surface area contributed by atoms with Gasteiger partial charge in [-0.1, -0.05) is 48.5 Å². The molecule has 0 radical (unpaired) electrons. The van der Waals surface area contributed by atoms with Crippen LogP contribution < -0.4 is 10.8 Å². The van der Waals surface area contributed by atoms with Crippen molar-refractivity contribution < 1.29 is 8.83 Å². The maximum atomic E-state index is 14.0. The minimum Gasteiger partial charge on any atom is -0.456 e. The highest BCUT2D eigenvalue weighted by atomic mass is 16.3. The highest BCUT2D eigenvalue weighted by molar-refractivity contribution is 6.11. The van der Waals surface area contributed by atoms with Crippen LogP contribution in [0.2, 0.25) is 0 Å². The van der Waals surface area contributed by atoms with Crippen molar-refractivity contribution >= 4 is 65.7 Å². The van der Waals surface area contributed by atoms with Crippen LogP contribution in [0.3, 0.4) is 0 Å². The van der Waals surface area contributed by atoms with E-state index in [1.807, 2.05) is 48.5 Å².